The predicted octanol–water partition coefficient (Wildman–Crippen LogP) is 1.18. The Balaban J connectivity index is 2.24. The molecule has 0 aromatic rings. The summed E-state index contributed by atoms with van der Waals surface area (Å²) in [5, 5.41) is 2.93. The molecule has 1 saturated heterocycles. The number of likely N-dealkylation sites (tertiary alicyclic amines) is 1. The van der Waals surface area contributed by atoms with E-state index in [0.29, 0.717) is 26.1 Å². The summed E-state index contributed by atoms with van der Waals surface area (Å²) < 4.78 is 4.97. The van der Waals surface area contributed by atoms with Gasteiger partial charge >= 0.3 is 0 Å². The molecule has 0 bridgehead atoms. The highest BCUT2D eigenvalue weighted by Crippen LogP contribution is 2.18. The van der Waals surface area contributed by atoms with Crippen molar-refractivity contribution >= 4 is 11.8 Å². The topological polar surface area (TPSA) is 58.6 Å². The summed E-state index contributed by atoms with van der Waals surface area (Å²) in [5.41, 5.74) is 0. The Morgan fingerprint density at radius 3 is 2.89 bits per heavy atom. The summed E-state index contributed by atoms with van der Waals surface area (Å²) in [7, 11) is 1.65. The number of rotatable bonds is 9. The predicted molar refractivity (Wildman–Crippen MR) is 73.7 cm³/mol. The lowest BCUT2D eigenvalue weighted by Crippen LogP contribution is -2.33. The van der Waals surface area contributed by atoms with E-state index in [-0.39, 0.29) is 17.7 Å². The number of amides is 2. The smallest absolute Gasteiger partial charge is 0.225 e. The summed E-state index contributed by atoms with van der Waals surface area (Å²) in [4.78, 5) is 25.5. The number of nitrogens with zero attached hydrogens (tertiary/aromatic N) is 1. The van der Waals surface area contributed by atoms with Gasteiger partial charge in [-0.25, -0.2) is 0 Å². The third kappa shape index (κ3) is 5.59. The van der Waals surface area contributed by atoms with Gasteiger partial charge in [0.05, 0.1) is 5.92 Å². The number of methoxy groups -OCH3 is 1. The molecule has 0 spiro atoms. The Morgan fingerprint density at radius 2 is 2.21 bits per heavy atom. The summed E-state index contributed by atoms with van der Waals surface area (Å²) in [6.45, 7) is 4.75. The molecular weight excluding hydrogens is 244 g/mol. The van der Waals surface area contributed by atoms with E-state index >= 15 is 0 Å². The number of unbranched alkanes of at least 4 members (excludes halogenated alkanes) is 2. The zero-order valence-electron chi connectivity index (χ0n) is 12.1. The Bertz CT molecular complexity index is 294. The van der Waals surface area contributed by atoms with Crippen molar-refractivity contribution in [1.82, 2.24) is 10.2 Å². The lowest BCUT2D eigenvalue weighted by molar-refractivity contribution is -0.129. The summed E-state index contributed by atoms with van der Waals surface area (Å²) in [5.74, 6) is -0.0554. The molecule has 2 amide bonds. The fraction of sp³-hybridized carbons (Fsp3) is 0.857. The summed E-state index contributed by atoms with van der Waals surface area (Å²) in [6.07, 6.45) is 4.47. The van der Waals surface area contributed by atoms with Crippen molar-refractivity contribution in [3.63, 3.8) is 0 Å². The van der Waals surface area contributed by atoms with Crippen LogP contribution in [0.1, 0.15) is 39.0 Å². The van der Waals surface area contributed by atoms with E-state index in [1.54, 1.807) is 12.0 Å². The van der Waals surface area contributed by atoms with E-state index in [1.807, 2.05) is 0 Å². The Hall–Kier alpha value is -1.10. The minimum absolute atomic E-state index is 0.0266. The molecule has 0 radical (unpaired) electrons. The first-order valence-electron chi connectivity index (χ1n) is 7.23. The summed E-state index contributed by atoms with van der Waals surface area (Å²) in [6, 6.07) is 0. The molecule has 5 nitrogen and oxygen atoms in total. The van der Waals surface area contributed by atoms with Gasteiger partial charge in [0.2, 0.25) is 11.8 Å². The molecule has 0 aromatic carbocycles. The normalized spacial score (nSPS) is 18.9. The molecule has 1 N–H and O–H groups in total. The van der Waals surface area contributed by atoms with Gasteiger partial charge in [0.25, 0.3) is 0 Å². The van der Waals surface area contributed by atoms with Crippen LogP contribution in [0.15, 0.2) is 0 Å². The molecule has 1 atom stereocenters. The second-order valence-corrected chi connectivity index (χ2v) is 5.09. The number of carbonyl (C=O) groups excluding carboxylic acids is 2. The molecule has 1 unspecified atom stereocenters. The van der Waals surface area contributed by atoms with Crippen molar-refractivity contribution in [2.75, 3.05) is 33.4 Å². The van der Waals surface area contributed by atoms with E-state index in [1.165, 1.54) is 0 Å². The number of hydrogen-bond acceptors (Lipinski definition) is 3. The lowest BCUT2D eigenvalue weighted by atomic mass is 10.1. The molecular formula is C14H26N2O3. The van der Waals surface area contributed by atoms with E-state index in [2.05, 4.69) is 12.2 Å². The third-order valence-electron chi connectivity index (χ3n) is 3.44. The second kappa shape index (κ2) is 8.91. The number of nitrogens with one attached hydrogen (secondary N) is 1. The van der Waals surface area contributed by atoms with Crippen LogP contribution < -0.4 is 5.32 Å². The van der Waals surface area contributed by atoms with Gasteiger partial charge in [-0.1, -0.05) is 19.8 Å². The monoisotopic (exact) mass is 270 g/mol. The highest BCUT2D eigenvalue weighted by molar-refractivity contribution is 5.89. The Morgan fingerprint density at radius 1 is 1.42 bits per heavy atom. The molecule has 0 aliphatic carbocycles. The lowest BCUT2D eigenvalue weighted by Gasteiger charge is -2.16. The van der Waals surface area contributed by atoms with Crippen molar-refractivity contribution < 1.29 is 14.3 Å². The minimum atomic E-state index is -0.170. The van der Waals surface area contributed by atoms with E-state index in [0.717, 1.165) is 32.2 Å². The van der Waals surface area contributed by atoms with Crippen LogP contribution in [0.5, 0.6) is 0 Å². The maximum absolute atomic E-state index is 11.9. The molecule has 0 saturated carbocycles. The van der Waals surface area contributed by atoms with Crippen LogP contribution in [0.2, 0.25) is 0 Å². The molecule has 19 heavy (non-hydrogen) atoms. The van der Waals surface area contributed by atoms with E-state index in [4.69, 9.17) is 4.74 Å². The van der Waals surface area contributed by atoms with Crippen molar-refractivity contribution in [1.29, 1.82) is 0 Å². The fourth-order valence-electron chi connectivity index (χ4n) is 2.29. The molecule has 1 aliphatic heterocycles. The quantitative estimate of drug-likeness (QED) is 0.640. The van der Waals surface area contributed by atoms with Crippen molar-refractivity contribution in [2.24, 2.45) is 5.92 Å². The highest BCUT2D eigenvalue weighted by atomic mass is 16.5. The summed E-state index contributed by atoms with van der Waals surface area (Å²) >= 11 is 0. The van der Waals surface area contributed by atoms with Crippen molar-refractivity contribution in [3.8, 4) is 0 Å². The molecule has 1 fully saturated rings. The van der Waals surface area contributed by atoms with Gasteiger partial charge in [-0.15, -0.1) is 0 Å². The zero-order chi connectivity index (χ0) is 14.1. The molecule has 110 valence electrons. The van der Waals surface area contributed by atoms with Crippen LogP contribution in [0.4, 0.5) is 0 Å². The van der Waals surface area contributed by atoms with Gasteiger partial charge in [0.15, 0.2) is 0 Å². The highest BCUT2D eigenvalue weighted by Gasteiger charge is 2.33. The van der Waals surface area contributed by atoms with Crippen LogP contribution in [-0.4, -0.2) is 50.1 Å². The first-order chi connectivity index (χ1) is 9.19. The fourth-order valence-corrected chi connectivity index (χ4v) is 2.29. The largest absolute Gasteiger partial charge is 0.385 e. The van der Waals surface area contributed by atoms with E-state index < -0.39 is 0 Å². The van der Waals surface area contributed by atoms with Gasteiger partial charge in [-0.3, -0.25) is 9.59 Å². The molecule has 1 rings (SSSR count). The second-order valence-electron chi connectivity index (χ2n) is 5.09. The van der Waals surface area contributed by atoms with Crippen LogP contribution >= 0.6 is 0 Å². The number of ether oxygens (including phenoxy) is 1. The first-order valence-corrected chi connectivity index (χ1v) is 7.23. The standard InChI is InChI=1S/C14H26N2O3/c1-3-4-5-7-15-14(18)12-10-13(17)16(11-12)8-6-9-19-2/h12H,3-11H2,1-2H3,(H,15,18). The van der Waals surface area contributed by atoms with Gasteiger partial charge in [0.1, 0.15) is 0 Å². The third-order valence-corrected chi connectivity index (χ3v) is 3.44. The minimum Gasteiger partial charge on any atom is -0.385 e. The van der Waals surface area contributed by atoms with Gasteiger partial charge in [-0.05, 0) is 12.8 Å². The zero-order valence-corrected chi connectivity index (χ0v) is 12.1. The van der Waals surface area contributed by atoms with Gasteiger partial charge in [0, 0.05) is 39.8 Å². The molecule has 1 aliphatic rings. The first kappa shape index (κ1) is 16.0. The van der Waals surface area contributed by atoms with E-state index in [9.17, 15) is 9.59 Å². The van der Waals surface area contributed by atoms with Gasteiger partial charge < -0.3 is 15.0 Å². The Labute approximate surface area is 115 Å². The average molecular weight is 270 g/mol. The maximum Gasteiger partial charge on any atom is 0.225 e. The van der Waals surface area contributed by atoms with Crippen molar-refractivity contribution in [2.45, 2.75) is 39.0 Å². The molecule has 5 heteroatoms. The maximum atomic E-state index is 11.9. The number of carbonyl (C=O) groups is 2. The van der Waals surface area contributed by atoms with Crippen LogP contribution in [0.3, 0.4) is 0 Å². The average Bonchev–Trinajstić information content (AvgIpc) is 2.77. The van der Waals surface area contributed by atoms with Crippen LogP contribution in [0, 0.1) is 5.92 Å². The van der Waals surface area contributed by atoms with Gasteiger partial charge in [-0.2, -0.15) is 0 Å². The molecule has 0 aromatic heterocycles. The van der Waals surface area contributed by atoms with Crippen LogP contribution in [-0.2, 0) is 14.3 Å². The molecule has 1 heterocycles. The SMILES string of the molecule is CCCCCNC(=O)C1CC(=O)N(CCCOC)C1. The van der Waals surface area contributed by atoms with Crippen molar-refractivity contribution in [3.05, 3.63) is 0 Å². The van der Waals surface area contributed by atoms with Crippen LogP contribution in [0.25, 0.3) is 0 Å². The Kier molecular flexibility index (Phi) is 7.48. The number of hydrogen-bond donors (Lipinski definition) is 1.